The number of aryl methyl sites for hydroxylation is 1. The summed E-state index contributed by atoms with van der Waals surface area (Å²) in [4.78, 5) is 0. The number of rotatable bonds is 7. The quantitative estimate of drug-likeness (QED) is 0.814. The Hall–Kier alpha value is -1.32. The number of nitrogens with one attached hydrogen (secondary N) is 1. The Labute approximate surface area is 121 Å². The van der Waals surface area contributed by atoms with Gasteiger partial charge in [-0.05, 0) is 37.4 Å². The fraction of sp³-hybridized carbons (Fsp3) is 0.529. The van der Waals surface area contributed by atoms with Crippen LogP contribution >= 0.6 is 0 Å². The fourth-order valence-corrected chi connectivity index (χ4v) is 2.47. The third-order valence-corrected chi connectivity index (χ3v) is 3.53. The topological polar surface area (TPSA) is 37.2 Å². The van der Waals surface area contributed by atoms with Gasteiger partial charge in [0.2, 0.25) is 0 Å². The lowest BCUT2D eigenvalue weighted by molar-refractivity contribution is 0.178. The summed E-state index contributed by atoms with van der Waals surface area (Å²) in [5.41, 5.74) is 2.60. The van der Waals surface area contributed by atoms with Crippen molar-refractivity contribution < 1.29 is 5.11 Å². The number of fused-ring (bicyclic) bond motifs is 1. The molecule has 0 aliphatic heterocycles. The van der Waals surface area contributed by atoms with Gasteiger partial charge in [-0.2, -0.15) is 0 Å². The van der Waals surface area contributed by atoms with E-state index in [2.05, 4.69) is 54.2 Å². The summed E-state index contributed by atoms with van der Waals surface area (Å²) in [6.45, 7) is 9.09. The van der Waals surface area contributed by atoms with Gasteiger partial charge in [0.15, 0.2) is 0 Å². The summed E-state index contributed by atoms with van der Waals surface area (Å²) in [5.74, 6) is 0.665. The molecule has 110 valence electrons. The molecular formula is C17H26N2O. The van der Waals surface area contributed by atoms with Crippen LogP contribution in [-0.4, -0.2) is 22.3 Å². The number of aromatic nitrogens is 1. The lowest BCUT2D eigenvalue weighted by atomic mass is 10.1. The van der Waals surface area contributed by atoms with E-state index in [1.54, 1.807) is 0 Å². The molecule has 0 saturated carbocycles. The van der Waals surface area contributed by atoms with E-state index in [1.807, 2.05) is 6.92 Å². The fourth-order valence-electron chi connectivity index (χ4n) is 2.47. The summed E-state index contributed by atoms with van der Waals surface area (Å²) in [7, 11) is 0. The molecule has 1 unspecified atom stereocenters. The van der Waals surface area contributed by atoms with Crippen molar-refractivity contribution in [2.24, 2.45) is 5.92 Å². The second kappa shape index (κ2) is 6.91. The van der Waals surface area contributed by atoms with Crippen LogP contribution < -0.4 is 5.32 Å². The highest BCUT2D eigenvalue weighted by Gasteiger charge is 2.08. The van der Waals surface area contributed by atoms with E-state index in [1.165, 1.54) is 16.5 Å². The lowest BCUT2D eigenvalue weighted by Gasteiger charge is -2.07. The van der Waals surface area contributed by atoms with Crippen LogP contribution in [0.4, 0.5) is 0 Å². The molecule has 0 aliphatic carbocycles. The van der Waals surface area contributed by atoms with E-state index in [-0.39, 0.29) is 6.10 Å². The van der Waals surface area contributed by atoms with Crippen molar-refractivity contribution in [1.29, 1.82) is 0 Å². The number of aliphatic hydroxyl groups is 1. The Kier molecular flexibility index (Phi) is 5.21. The molecule has 1 heterocycles. The third-order valence-electron chi connectivity index (χ3n) is 3.53. The standard InChI is InChI=1S/C17H26N2O/c1-13(2)10-18-11-15-12-19(9-8-14(3)20)17-7-5-4-6-16(15)17/h4-7,12-14,18,20H,8-11H2,1-3H3. The Bertz CT molecular complexity index is 543. The molecule has 2 aromatic rings. The number of para-hydroxylation sites is 1. The van der Waals surface area contributed by atoms with Gasteiger partial charge in [0, 0.05) is 30.2 Å². The van der Waals surface area contributed by atoms with Crippen LogP contribution in [0.1, 0.15) is 32.8 Å². The molecule has 0 aliphatic rings. The first-order valence-electron chi connectivity index (χ1n) is 7.53. The predicted molar refractivity (Wildman–Crippen MR) is 84.8 cm³/mol. The molecule has 3 nitrogen and oxygen atoms in total. The van der Waals surface area contributed by atoms with Gasteiger partial charge in [0.25, 0.3) is 0 Å². The molecular weight excluding hydrogens is 248 g/mol. The Morgan fingerprint density at radius 2 is 1.95 bits per heavy atom. The molecule has 2 N–H and O–H groups in total. The normalized spacial score (nSPS) is 13.2. The van der Waals surface area contributed by atoms with E-state index in [9.17, 15) is 5.11 Å². The van der Waals surface area contributed by atoms with Gasteiger partial charge in [0.05, 0.1) is 6.10 Å². The van der Waals surface area contributed by atoms with Crippen molar-refractivity contribution in [3.05, 3.63) is 36.0 Å². The maximum absolute atomic E-state index is 9.47. The van der Waals surface area contributed by atoms with E-state index in [4.69, 9.17) is 0 Å². The highest BCUT2D eigenvalue weighted by atomic mass is 16.3. The highest BCUT2D eigenvalue weighted by Crippen LogP contribution is 2.21. The van der Waals surface area contributed by atoms with Crippen molar-refractivity contribution in [2.75, 3.05) is 6.54 Å². The number of aliphatic hydroxyl groups excluding tert-OH is 1. The molecule has 1 aromatic carbocycles. The average molecular weight is 274 g/mol. The summed E-state index contributed by atoms with van der Waals surface area (Å²) in [5, 5.41) is 14.3. The maximum atomic E-state index is 9.47. The molecule has 0 amide bonds. The van der Waals surface area contributed by atoms with Gasteiger partial charge < -0.3 is 15.0 Å². The first-order chi connectivity index (χ1) is 9.58. The molecule has 0 bridgehead atoms. The Balaban J connectivity index is 2.17. The van der Waals surface area contributed by atoms with Crippen LogP contribution in [-0.2, 0) is 13.1 Å². The van der Waals surface area contributed by atoms with Crippen molar-refractivity contribution in [3.63, 3.8) is 0 Å². The number of nitrogens with zero attached hydrogens (tertiary/aromatic N) is 1. The zero-order valence-corrected chi connectivity index (χ0v) is 12.8. The zero-order chi connectivity index (χ0) is 14.5. The van der Waals surface area contributed by atoms with E-state index >= 15 is 0 Å². The van der Waals surface area contributed by atoms with Crippen molar-refractivity contribution in [1.82, 2.24) is 9.88 Å². The van der Waals surface area contributed by atoms with Gasteiger partial charge >= 0.3 is 0 Å². The monoisotopic (exact) mass is 274 g/mol. The summed E-state index contributed by atoms with van der Waals surface area (Å²) in [6, 6.07) is 8.50. The Morgan fingerprint density at radius 3 is 2.65 bits per heavy atom. The minimum absolute atomic E-state index is 0.251. The van der Waals surface area contributed by atoms with E-state index < -0.39 is 0 Å². The largest absolute Gasteiger partial charge is 0.393 e. The zero-order valence-electron chi connectivity index (χ0n) is 12.8. The second-order valence-electron chi connectivity index (χ2n) is 6.03. The lowest BCUT2D eigenvalue weighted by Crippen LogP contribution is -2.18. The number of hydrogen-bond donors (Lipinski definition) is 2. The third kappa shape index (κ3) is 3.84. The smallest absolute Gasteiger partial charge is 0.0529 e. The van der Waals surface area contributed by atoms with Crippen molar-refractivity contribution >= 4 is 10.9 Å². The van der Waals surface area contributed by atoms with Gasteiger partial charge in [-0.1, -0.05) is 32.0 Å². The summed E-state index contributed by atoms with van der Waals surface area (Å²) >= 11 is 0. The van der Waals surface area contributed by atoms with Crippen LogP contribution in [0, 0.1) is 5.92 Å². The molecule has 1 atom stereocenters. The van der Waals surface area contributed by atoms with Crippen LogP contribution in [0.2, 0.25) is 0 Å². The van der Waals surface area contributed by atoms with Crippen LogP contribution in [0.15, 0.2) is 30.5 Å². The predicted octanol–water partition coefficient (Wildman–Crippen LogP) is 3.16. The number of hydrogen-bond acceptors (Lipinski definition) is 2. The molecule has 0 spiro atoms. The Morgan fingerprint density at radius 1 is 1.20 bits per heavy atom. The first-order valence-corrected chi connectivity index (χ1v) is 7.53. The van der Waals surface area contributed by atoms with Gasteiger partial charge in [-0.3, -0.25) is 0 Å². The number of benzene rings is 1. The molecule has 20 heavy (non-hydrogen) atoms. The molecule has 0 radical (unpaired) electrons. The van der Waals surface area contributed by atoms with Crippen molar-refractivity contribution in [3.8, 4) is 0 Å². The van der Waals surface area contributed by atoms with Gasteiger partial charge in [-0.15, -0.1) is 0 Å². The van der Waals surface area contributed by atoms with Crippen LogP contribution in [0.25, 0.3) is 10.9 Å². The summed E-state index contributed by atoms with van der Waals surface area (Å²) in [6.07, 6.45) is 2.76. The SMILES string of the molecule is CC(C)CNCc1cn(CCC(C)O)c2ccccc12. The minimum Gasteiger partial charge on any atom is -0.393 e. The molecule has 2 rings (SSSR count). The first kappa shape index (κ1) is 15.1. The van der Waals surface area contributed by atoms with Crippen LogP contribution in [0.5, 0.6) is 0 Å². The van der Waals surface area contributed by atoms with Crippen LogP contribution in [0.3, 0.4) is 0 Å². The minimum atomic E-state index is -0.251. The van der Waals surface area contributed by atoms with Gasteiger partial charge in [0.1, 0.15) is 0 Å². The molecule has 0 fully saturated rings. The maximum Gasteiger partial charge on any atom is 0.0529 e. The molecule has 3 heteroatoms. The molecule has 0 saturated heterocycles. The van der Waals surface area contributed by atoms with Gasteiger partial charge in [-0.25, -0.2) is 0 Å². The highest BCUT2D eigenvalue weighted by molar-refractivity contribution is 5.83. The van der Waals surface area contributed by atoms with E-state index in [0.29, 0.717) is 5.92 Å². The van der Waals surface area contributed by atoms with Crippen molar-refractivity contribution in [2.45, 2.75) is 46.4 Å². The van der Waals surface area contributed by atoms with E-state index in [0.717, 1.165) is 26.1 Å². The summed E-state index contributed by atoms with van der Waals surface area (Å²) < 4.78 is 2.26. The second-order valence-corrected chi connectivity index (χ2v) is 6.03. The average Bonchev–Trinajstić information content (AvgIpc) is 2.75. The molecule has 1 aromatic heterocycles.